The molecule has 84 valence electrons. The molecule has 1 heterocycles. The standard InChI is InChI=1S/C13H21NS/c1-9(2)11-6-12(7-11)14-8-13-10(3)4-5-15-13/h4-5,9,11-12,14H,6-8H2,1-3H3. The molecule has 0 bridgehead atoms. The maximum Gasteiger partial charge on any atom is 0.0304 e. The third-order valence-electron chi connectivity index (χ3n) is 3.64. The lowest BCUT2D eigenvalue weighted by Gasteiger charge is -2.38. The Kier molecular flexibility index (Phi) is 3.47. The normalized spacial score (nSPS) is 25.6. The van der Waals surface area contributed by atoms with Crippen LogP contribution in [0.4, 0.5) is 0 Å². The molecule has 2 rings (SSSR count). The van der Waals surface area contributed by atoms with E-state index in [1.165, 1.54) is 23.3 Å². The van der Waals surface area contributed by atoms with Gasteiger partial charge in [0.05, 0.1) is 0 Å². The summed E-state index contributed by atoms with van der Waals surface area (Å²) in [6.45, 7) is 7.94. The van der Waals surface area contributed by atoms with Crippen molar-refractivity contribution in [2.45, 2.75) is 46.2 Å². The Morgan fingerprint density at radius 3 is 2.73 bits per heavy atom. The van der Waals surface area contributed by atoms with E-state index in [0.717, 1.165) is 24.4 Å². The molecule has 1 aliphatic rings. The Labute approximate surface area is 96.9 Å². The molecule has 1 saturated carbocycles. The maximum absolute atomic E-state index is 3.66. The fourth-order valence-corrected chi connectivity index (χ4v) is 3.05. The SMILES string of the molecule is Cc1ccsc1CNC1CC(C(C)C)C1. The van der Waals surface area contributed by atoms with Crippen LogP contribution in [0.3, 0.4) is 0 Å². The van der Waals surface area contributed by atoms with E-state index in [-0.39, 0.29) is 0 Å². The Bertz CT molecular complexity index is 310. The van der Waals surface area contributed by atoms with Crippen LogP contribution in [0.5, 0.6) is 0 Å². The highest BCUT2D eigenvalue weighted by atomic mass is 32.1. The van der Waals surface area contributed by atoms with E-state index >= 15 is 0 Å². The van der Waals surface area contributed by atoms with Gasteiger partial charge in [0.15, 0.2) is 0 Å². The molecule has 1 nitrogen and oxygen atoms in total. The maximum atomic E-state index is 3.66. The molecular formula is C13H21NS. The minimum absolute atomic E-state index is 0.777. The number of rotatable bonds is 4. The van der Waals surface area contributed by atoms with Crippen molar-refractivity contribution in [3.05, 3.63) is 21.9 Å². The first-order chi connectivity index (χ1) is 7.16. The summed E-state index contributed by atoms with van der Waals surface area (Å²) in [7, 11) is 0. The van der Waals surface area contributed by atoms with Crippen LogP contribution in [0.2, 0.25) is 0 Å². The van der Waals surface area contributed by atoms with Crippen molar-refractivity contribution in [2.75, 3.05) is 0 Å². The fourth-order valence-electron chi connectivity index (χ4n) is 2.20. The first-order valence-corrected chi connectivity index (χ1v) is 6.81. The zero-order chi connectivity index (χ0) is 10.8. The number of aryl methyl sites for hydroxylation is 1. The summed E-state index contributed by atoms with van der Waals surface area (Å²) in [6.07, 6.45) is 2.75. The van der Waals surface area contributed by atoms with Crippen LogP contribution in [0.15, 0.2) is 11.4 Å². The van der Waals surface area contributed by atoms with E-state index in [1.807, 2.05) is 11.3 Å². The second-order valence-electron chi connectivity index (χ2n) is 5.08. The van der Waals surface area contributed by atoms with Gasteiger partial charge >= 0.3 is 0 Å². The van der Waals surface area contributed by atoms with Crippen LogP contribution in [0, 0.1) is 18.8 Å². The second kappa shape index (κ2) is 4.67. The quantitative estimate of drug-likeness (QED) is 0.822. The predicted molar refractivity (Wildman–Crippen MR) is 67.2 cm³/mol. The molecule has 15 heavy (non-hydrogen) atoms. The van der Waals surface area contributed by atoms with Gasteiger partial charge in [0.1, 0.15) is 0 Å². The molecule has 0 aromatic carbocycles. The molecule has 1 N–H and O–H groups in total. The first-order valence-electron chi connectivity index (χ1n) is 5.93. The van der Waals surface area contributed by atoms with Crippen LogP contribution >= 0.6 is 11.3 Å². The van der Waals surface area contributed by atoms with Crippen molar-refractivity contribution in [1.29, 1.82) is 0 Å². The van der Waals surface area contributed by atoms with E-state index in [4.69, 9.17) is 0 Å². The van der Waals surface area contributed by atoms with Crippen molar-refractivity contribution in [3.8, 4) is 0 Å². The molecule has 0 spiro atoms. The molecule has 0 atom stereocenters. The molecule has 0 saturated heterocycles. The topological polar surface area (TPSA) is 12.0 Å². The van der Waals surface area contributed by atoms with Crippen molar-refractivity contribution in [3.63, 3.8) is 0 Å². The molecule has 1 aromatic rings. The van der Waals surface area contributed by atoms with E-state index in [2.05, 4.69) is 37.5 Å². The minimum atomic E-state index is 0.777. The summed E-state index contributed by atoms with van der Waals surface area (Å²) in [4.78, 5) is 1.50. The lowest BCUT2D eigenvalue weighted by molar-refractivity contribution is 0.168. The molecule has 1 aromatic heterocycles. The molecule has 0 unspecified atom stereocenters. The number of nitrogens with one attached hydrogen (secondary N) is 1. The number of hydrogen-bond acceptors (Lipinski definition) is 2. The van der Waals surface area contributed by atoms with Crippen molar-refractivity contribution >= 4 is 11.3 Å². The van der Waals surface area contributed by atoms with Gasteiger partial charge in [-0.1, -0.05) is 13.8 Å². The molecule has 1 fully saturated rings. The molecule has 2 heteroatoms. The third kappa shape index (κ3) is 2.61. The molecule has 0 aliphatic heterocycles. The van der Waals surface area contributed by atoms with Gasteiger partial charge in [0.2, 0.25) is 0 Å². The predicted octanol–water partition coefficient (Wildman–Crippen LogP) is 3.58. The lowest BCUT2D eigenvalue weighted by atomic mass is 9.74. The monoisotopic (exact) mass is 223 g/mol. The highest BCUT2D eigenvalue weighted by Crippen LogP contribution is 2.33. The molecule has 0 amide bonds. The molecule has 0 radical (unpaired) electrons. The van der Waals surface area contributed by atoms with E-state index < -0.39 is 0 Å². The van der Waals surface area contributed by atoms with Crippen molar-refractivity contribution in [2.24, 2.45) is 11.8 Å². The van der Waals surface area contributed by atoms with Crippen LogP contribution < -0.4 is 5.32 Å². The third-order valence-corrected chi connectivity index (χ3v) is 4.66. The second-order valence-corrected chi connectivity index (χ2v) is 6.08. The van der Waals surface area contributed by atoms with Gasteiger partial charge < -0.3 is 5.32 Å². The number of hydrogen-bond donors (Lipinski definition) is 1. The minimum Gasteiger partial charge on any atom is -0.309 e. The summed E-state index contributed by atoms with van der Waals surface area (Å²) in [5, 5.41) is 5.84. The van der Waals surface area contributed by atoms with Gasteiger partial charge in [0.25, 0.3) is 0 Å². The smallest absolute Gasteiger partial charge is 0.0304 e. The van der Waals surface area contributed by atoms with Gasteiger partial charge in [-0.25, -0.2) is 0 Å². The largest absolute Gasteiger partial charge is 0.309 e. The Hall–Kier alpha value is -0.340. The summed E-state index contributed by atoms with van der Waals surface area (Å²) >= 11 is 1.87. The lowest BCUT2D eigenvalue weighted by Crippen LogP contribution is -2.42. The summed E-state index contributed by atoms with van der Waals surface area (Å²) < 4.78 is 0. The zero-order valence-corrected chi connectivity index (χ0v) is 10.7. The Balaban J connectivity index is 1.71. The van der Waals surface area contributed by atoms with Gasteiger partial charge in [-0.15, -0.1) is 11.3 Å². The first kappa shape index (κ1) is 11.2. The Morgan fingerprint density at radius 1 is 1.47 bits per heavy atom. The van der Waals surface area contributed by atoms with Gasteiger partial charge in [0, 0.05) is 17.5 Å². The summed E-state index contributed by atoms with van der Waals surface area (Å²) in [5.41, 5.74) is 1.44. The summed E-state index contributed by atoms with van der Waals surface area (Å²) in [6, 6.07) is 2.98. The van der Waals surface area contributed by atoms with Crippen molar-refractivity contribution in [1.82, 2.24) is 5.32 Å². The Morgan fingerprint density at radius 2 is 2.20 bits per heavy atom. The number of thiophene rings is 1. The van der Waals surface area contributed by atoms with E-state index in [9.17, 15) is 0 Å². The van der Waals surface area contributed by atoms with E-state index in [1.54, 1.807) is 0 Å². The van der Waals surface area contributed by atoms with Crippen LogP contribution in [-0.2, 0) is 6.54 Å². The average Bonchev–Trinajstić information content (AvgIpc) is 2.48. The van der Waals surface area contributed by atoms with E-state index in [0.29, 0.717) is 0 Å². The van der Waals surface area contributed by atoms with Crippen LogP contribution in [-0.4, -0.2) is 6.04 Å². The fraction of sp³-hybridized carbons (Fsp3) is 0.692. The van der Waals surface area contributed by atoms with Gasteiger partial charge in [-0.2, -0.15) is 0 Å². The summed E-state index contributed by atoms with van der Waals surface area (Å²) in [5.74, 6) is 1.83. The van der Waals surface area contributed by atoms with Gasteiger partial charge in [-0.3, -0.25) is 0 Å². The molecular weight excluding hydrogens is 202 g/mol. The average molecular weight is 223 g/mol. The highest BCUT2D eigenvalue weighted by Gasteiger charge is 2.30. The van der Waals surface area contributed by atoms with Crippen LogP contribution in [0.1, 0.15) is 37.1 Å². The van der Waals surface area contributed by atoms with Gasteiger partial charge in [-0.05, 0) is 48.6 Å². The van der Waals surface area contributed by atoms with Crippen LogP contribution in [0.25, 0.3) is 0 Å². The zero-order valence-electron chi connectivity index (χ0n) is 9.92. The van der Waals surface area contributed by atoms with Crippen molar-refractivity contribution < 1.29 is 0 Å². The molecule has 1 aliphatic carbocycles. The highest BCUT2D eigenvalue weighted by molar-refractivity contribution is 7.10.